The van der Waals surface area contributed by atoms with Crippen LogP contribution in [0, 0.1) is 4.77 Å². The average molecular weight is 421 g/mol. The first-order valence-corrected chi connectivity index (χ1v) is 11.2. The number of piperidine rings is 1. The van der Waals surface area contributed by atoms with Crippen LogP contribution in [0.1, 0.15) is 45.4 Å². The van der Waals surface area contributed by atoms with E-state index in [0.29, 0.717) is 6.04 Å². The topological polar surface area (TPSA) is 35.2 Å². The Labute approximate surface area is 177 Å². The van der Waals surface area contributed by atoms with Crippen molar-refractivity contribution in [1.82, 2.24) is 19.2 Å². The summed E-state index contributed by atoms with van der Waals surface area (Å²) in [5.41, 5.74) is 1.04. The van der Waals surface area contributed by atoms with Gasteiger partial charge in [-0.2, -0.15) is 5.10 Å². The molecule has 152 valence electrons. The van der Waals surface area contributed by atoms with Crippen LogP contribution in [0.2, 0.25) is 5.02 Å². The summed E-state index contributed by atoms with van der Waals surface area (Å²) in [4.78, 5) is 2.54. The maximum atomic E-state index is 6.09. The van der Waals surface area contributed by atoms with E-state index in [2.05, 4.69) is 16.4 Å². The molecule has 0 spiro atoms. The van der Waals surface area contributed by atoms with Crippen molar-refractivity contribution in [3.05, 3.63) is 34.1 Å². The first-order chi connectivity index (χ1) is 13.7. The largest absolute Gasteiger partial charge is 0.376 e. The molecule has 2 aliphatic rings. The van der Waals surface area contributed by atoms with E-state index in [9.17, 15) is 0 Å². The fourth-order valence-electron chi connectivity index (χ4n) is 4.38. The van der Waals surface area contributed by atoms with Crippen LogP contribution in [0.15, 0.2) is 24.3 Å². The quantitative estimate of drug-likeness (QED) is 0.606. The van der Waals surface area contributed by atoms with Gasteiger partial charge in [0.1, 0.15) is 0 Å². The lowest BCUT2D eigenvalue weighted by Crippen LogP contribution is -2.40. The number of benzene rings is 1. The van der Waals surface area contributed by atoms with Gasteiger partial charge in [-0.3, -0.25) is 9.47 Å². The number of rotatable bonds is 6. The molecule has 0 aliphatic carbocycles. The van der Waals surface area contributed by atoms with Crippen molar-refractivity contribution in [3.63, 3.8) is 0 Å². The molecule has 0 unspecified atom stereocenters. The van der Waals surface area contributed by atoms with Crippen molar-refractivity contribution >= 4 is 23.8 Å². The third kappa shape index (κ3) is 4.35. The van der Waals surface area contributed by atoms with E-state index in [1.54, 1.807) is 0 Å². The third-order valence-corrected chi connectivity index (χ3v) is 6.65. The molecule has 0 bridgehead atoms. The van der Waals surface area contributed by atoms with Gasteiger partial charge in [0.25, 0.3) is 0 Å². The Balaban J connectivity index is 1.66. The molecule has 2 fully saturated rings. The molecule has 0 amide bonds. The minimum Gasteiger partial charge on any atom is -0.376 e. The van der Waals surface area contributed by atoms with Gasteiger partial charge >= 0.3 is 0 Å². The normalized spacial score (nSPS) is 23.4. The molecule has 2 aromatic rings. The van der Waals surface area contributed by atoms with Gasteiger partial charge in [0.15, 0.2) is 10.6 Å². The Morgan fingerprint density at radius 3 is 2.71 bits per heavy atom. The highest BCUT2D eigenvalue weighted by Crippen LogP contribution is 2.25. The summed E-state index contributed by atoms with van der Waals surface area (Å²) < 4.78 is 10.8. The Kier molecular flexibility index (Phi) is 6.51. The number of likely N-dealkylation sites (tertiary alicyclic amines) is 1. The monoisotopic (exact) mass is 420 g/mol. The molecule has 2 atom stereocenters. The third-order valence-electron chi connectivity index (χ3n) is 5.97. The van der Waals surface area contributed by atoms with Gasteiger partial charge in [-0.25, -0.2) is 4.68 Å². The number of aromatic nitrogens is 3. The summed E-state index contributed by atoms with van der Waals surface area (Å²) in [5.74, 6) is 0.905. The SMILES string of the molecule is CC[C@@H]1CCCCN1Cn1nc(-c2ccc(Cl)cc2)n(C[C@@H]2CCCO2)c1=S. The minimum atomic E-state index is 0.216. The van der Waals surface area contributed by atoms with Crippen molar-refractivity contribution < 1.29 is 4.74 Å². The zero-order valence-electron chi connectivity index (χ0n) is 16.5. The molecule has 7 heteroatoms. The molecule has 1 aromatic heterocycles. The van der Waals surface area contributed by atoms with Crippen molar-refractivity contribution in [2.45, 2.75) is 70.8 Å². The molecule has 3 heterocycles. The van der Waals surface area contributed by atoms with Crippen molar-refractivity contribution in [2.75, 3.05) is 13.2 Å². The Bertz CT molecular complexity index is 841. The summed E-state index contributed by atoms with van der Waals surface area (Å²) in [6, 6.07) is 8.48. The number of hydrogen-bond donors (Lipinski definition) is 0. The molecule has 4 rings (SSSR count). The highest BCUT2D eigenvalue weighted by Gasteiger charge is 2.24. The van der Waals surface area contributed by atoms with Gasteiger partial charge in [0, 0.05) is 29.8 Å². The summed E-state index contributed by atoms with van der Waals surface area (Å²) in [6.07, 6.45) is 7.44. The maximum Gasteiger partial charge on any atom is 0.199 e. The molecular weight excluding hydrogens is 392 g/mol. The molecule has 0 N–H and O–H groups in total. The second-order valence-electron chi connectivity index (χ2n) is 7.87. The van der Waals surface area contributed by atoms with Gasteiger partial charge in [0.2, 0.25) is 0 Å². The highest BCUT2D eigenvalue weighted by molar-refractivity contribution is 7.71. The van der Waals surface area contributed by atoms with Crippen LogP contribution in [0.3, 0.4) is 0 Å². The smallest absolute Gasteiger partial charge is 0.199 e. The molecule has 28 heavy (non-hydrogen) atoms. The first-order valence-electron chi connectivity index (χ1n) is 10.4. The molecule has 0 saturated carbocycles. The summed E-state index contributed by atoms with van der Waals surface area (Å²) in [6.45, 7) is 5.76. The zero-order chi connectivity index (χ0) is 19.5. The van der Waals surface area contributed by atoms with Crippen LogP contribution in [-0.4, -0.2) is 44.5 Å². The fraction of sp³-hybridized carbons (Fsp3) is 0.619. The molecule has 2 aliphatic heterocycles. The van der Waals surface area contributed by atoms with E-state index in [1.165, 1.54) is 25.7 Å². The zero-order valence-corrected chi connectivity index (χ0v) is 18.1. The van der Waals surface area contributed by atoms with Gasteiger partial charge in [0.05, 0.1) is 19.3 Å². The van der Waals surface area contributed by atoms with E-state index in [4.69, 9.17) is 33.7 Å². The summed E-state index contributed by atoms with van der Waals surface area (Å²) in [7, 11) is 0. The molecule has 0 radical (unpaired) electrons. The van der Waals surface area contributed by atoms with Crippen LogP contribution in [-0.2, 0) is 18.0 Å². The number of hydrogen-bond acceptors (Lipinski definition) is 4. The number of halogens is 1. The Morgan fingerprint density at radius 1 is 1.18 bits per heavy atom. The van der Waals surface area contributed by atoms with E-state index in [1.807, 2.05) is 28.9 Å². The van der Waals surface area contributed by atoms with Gasteiger partial charge in [-0.1, -0.05) is 24.9 Å². The van der Waals surface area contributed by atoms with Crippen molar-refractivity contribution in [2.24, 2.45) is 0 Å². The van der Waals surface area contributed by atoms with Gasteiger partial charge in [-0.15, -0.1) is 0 Å². The van der Waals surface area contributed by atoms with Crippen LogP contribution >= 0.6 is 23.8 Å². The molecule has 1 aromatic carbocycles. The van der Waals surface area contributed by atoms with Crippen LogP contribution in [0.4, 0.5) is 0 Å². The van der Waals surface area contributed by atoms with Crippen LogP contribution < -0.4 is 0 Å². The summed E-state index contributed by atoms with van der Waals surface area (Å²) >= 11 is 12.0. The Hall–Kier alpha value is -1.21. The molecule has 2 saturated heterocycles. The van der Waals surface area contributed by atoms with Crippen molar-refractivity contribution in [1.29, 1.82) is 0 Å². The number of ether oxygens (including phenoxy) is 1. The molecule has 5 nitrogen and oxygen atoms in total. The Morgan fingerprint density at radius 2 is 2.00 bits per heavy atom. The van der Waals surface area contributed by atoms with E-state index >= 15 is 0 Å². The van der Waals surface area contributed by atoms with E-state index < -0.39 is 0 Å². The van der Waals surface area contributed by atoms with E-state index in [-0.39, 0.29) is 6.10 Å². The van der Waals surface area contributed by atoms with Gasteiger partial charge < -0.3 is 4.74 Å². The lowest BCUT2D eigenvalue weighted by molar-refractivity contribution is 0.0937. The molecular formula is C21H29ClN4OS. The minimum absolute atomic E-state index is 0.216. The summed E-state index contributed by atoms with van der Waals surface area (Å²) in [5, 5.41) is 5.68. The lowest BCUT2D eigenvalue weighted by atomic mass is 10.0. The first kappa shape index (κ1) is 20.1. The lowest BCUT2D eigenvalue weighted by Gasteiger charge is -2.34. The standard InChI is InChI=1S/C21H29ClN4OS/c1-2-18-6-3-4-12-24(18)15-26-21(28)25(14-19-7-5-13-27-19)20(23-26)16-8-10-17(22)11-9-16/h8-11,18-19H,2-7,12-15H2,1H3/t18-,19+/m1/s1. The van der Waals surface area contributed by atoms with Crippen LogP contribution in [0.25, 0.3) is 11.4 Å². The van der Waals surface area contributed by atoms with Crippen molar-refractivity contribution in [3.8, 4) is 11.4 Å². The van der Waals surface area contributed by atoms with Crippen LogP contribution in [0.5, 0.6) is 0 Å². The maximum absolute atomic E-state index is 6.09. The second-order valence-corrected chi connectivity index (χ2v) is 8.67. The average Bonchev–Trinajstić information content (AvgIpc) is 3.33. The highest BCUT2D eigenvalue weighted by atomic mass is 35.5. The van der Waals surface area contributed by atoms with E-state index in [0.717, 1.165) is 60.4 Å². The second kappa shape index (κ2) is 9.08. The number of nitrogens with zero attached hydrogens (tertiary/aromatic N) is 4. The predicted octanol–water partition coefficient (Wildman–Crippen LogP) is 5.14. The predicted molar refractivity (Wildman–Crippen MR) is 115 cm³/mol. The fourth-order valence-corrected chi connectivity index (χ4v) is 4.77. The van der Waals surface area contributed by atoms with Gasteiger partial charge in [-0.05, 0) is 68.6 Å².